The van der Waals surface area contributed by atoms with E-state index in [0.717, 1.165) is 26.9 Å². The lowest BCUT2D eigenvalue weighted by molar-refractivity contribution is -0.115. The van der Waals surface area contributed by atoms with E-state index >= 15 is 0 Å². The highest BCUT2D eigenvalue weighted by molar-refractivity contribution is 8.26. The Morgan fingerprint density at radius 2 is 2.04 bits per heavy atom. The summed E-state index contributed by atoms with van der Waals surface area (Å²) < 4.78 is 2.30. The number of thioether (sulfide) groups is 1. The van der Waals surface area contributed by atoms with Gasteiger partial charge in [-0.25, -0.2) is 9.50 Å². The molecule has 0 atom stereocenters. The van der Waals surface area contributed by atoms with E-state index in [9.17, 15) is 4.79 Å². The Morgan fingerprint density at radius 1 is 1.28 bits per heavy atom. The zero-order valence-electron chi connectivity index (χ0n) is 13.5. The molecule has 1 aromatic carbocycles. The van der Waals surface area contributed by atoms with E-state index < -0.39 is 0 Å². The fourth-order valence-corrected chi connectivity index (χ4v) is 4.42. The highest BCUT2D eigenvalue weighted by Crippen LogP contribution is 2.33. The minimum atomic E-state index is -0.178. The second-order valence-corrected chi connectivity index (χ2v) is 8.56. The molecule has 1 saturated heterocycles. The fourth-order valence-electron chi connectivity index (χ4n) is 2.50. The maximum Gasteiger partial charge on any atom is 0.263 e. The van der Waals surface area contributed by atoms with E-state index in [2.05, 4.69) is 19.2 Å². The molecule has 2 aromatic heterocycles. The Bertz CT molecular complexity index is 1020. The van der Waals surface area contributed by atoms with Gasteiger partial charge in [0, 0.05) is 11.5 Å². The van der Waals surface area contributed by atoms with E-state index in [1.807, 2.05) is 40.9 Å². The first-order chi connectivity index (χ1) is 12.0. The zero-order valence-corrected chi connectivity index (χ0v) is 16.0. The molecule has 0 aliphatic carbocycles. The van der Waals surface area contributed by atoms with Crippen molar-refractivity contribution < 1.29 is 4.79 Å². The summed E-state index contributed by atoms with van der Waals surface area (Å²) in [6, 6.07) is 9.92. The Balaban J connectivity index is 1.93. The molecule has 1 N–H and O–H groups in total. The number of nitrogens with one attached hydrogen (secondary N) is 1. The molecule has 1 aliphatic heterocycles. The maximum absolute atomic E-state index is 12.1. The predicted molar refractivity (Wildman–Crippen MR) is 107 cm³/mol. The molecule has 1 aliphatic rings. The molecule has 3 aromatic rings. The summed E-state index contributed by atoms with van der Waals surface area (Å²) in [5.41, 5.74) is 2.60. The molecule has 4 rings (SSSR count). The standard InChI is InChI=1S/C17H14N4OS3/c1-9(2)15-20-21-11(8-12-14(22)19-17(23)24-12)13(18-16(21)25-15)10-6-4-3-5-7-10/h3-9H,1-2H3,(H,19,22,23). The molecule has 0 unspecified atom stereocenters. The number of carbonyl (C=O) groups is 1. The van der Waals surface area contributed by atoms with Crippen molar-refractivity contribution in [1.82, 2.24) is 19.9 Å². The number of amides is 1. The molecule has 8 heteroatoms. The first-order valence-corrected chi connectivity index (χ1v) is 9.77. The van der Waals surface area contributed by atoms with E-state index in [-0.39, 0.29) is 5.91 Å². The van der Waals surface area contributed by atoms with Crippen LogP contribution in [0.5, 0.6) is 0 Å². The minimum Gasteiger partial charge on any atom is -0.307 e. The number of nitrogens with zero attached hydrogens (tertiary/aromatic N) is 3. The number of hydrogen-bond donors (Lipinski definition) is 1. The van der Waals surface area contributed by atoms with Crippen LogP contribution in [-0.4, -0.2) is 24.8 Å². The van der Waals surface area contributed by atoms with Crippen molar-refractivity contribution in [3.63, 3.8) is 0 Å². The van der Waals surface area contributed by atoms with Crippen LogP contribution in [0.25, 0.3) is 22.3 Å². The normalized spacial score (nSPS) is 16.4. The average Bonchev–Trinajstić information content (AvgIpc) is 3.23. The van der Waals surface area contributed by atoms with Crippen LogP contribution in [0.1, 0.15) is 30.5 Å². The van der Waals surface area contributed by atoms with Crippen LogP contribution >= 0.6 is 35.3 Å². The molecule has 1 fully saturated rings. The molecule has 1 amide bonds. The largest absolute Gasteiger partial charge is 0.307 e. The molecule has 0 saturated carbocycles. The smallest absolute Gasteiger partial charge is 0.263 e. The van der Waals surface area contributed by atoms with E-state index in [0.29, 0.717) is 15.1 Å². The van der Waals surface area contributed by atoms with Crippen molar-refractivity contribution in [2.75, 3.05) is 0 Å². The van der Waals surface area contributed by atoms with Gasteiger partial charge in [-0.1, -0.05) is 79.5 Å². The van der Waals surface area contributed by atoms with E-state index in [4.69, 9.17) is 22.3 Å². The van der Waals surface area contributed by atoms with Crippen LogP contribution in [-0.2, 0) is 4.79 Å². The van der Waals surface area contributed by atoms with Gasteiger partial charge in [-0.05, 0) is 6.08 Å². The van der Waals surface area contributed by atoms with E-state index in [1.54, 1.807) is 11.3 Å². The number of carbonyl (C=O) groups excluding carboxylic acids is 1. The first kappa shape index (κ1) is 16.4. The first-order valence-electron chi connectivity index (χ1n) is 7.72. The molecule has 126 valence electrons. The number of thiocarbonyl (C=S) groups is 1. The Labute approximate surface area is 158 Å². The van der Waals surface area contributed by atoms with E-state index in [1.165, 1.54) is 11.8 Å². The Hall–Kier alpha value is -2.03. The van der Waals surface area contributed by atoms with Gasteiger partial charge in [-0.15, -0.1) is 0 Å². The second kappa shape index (κ2) is 6.36. The van der Waals surface area contributed by atoms with Crippen LogP contribution in [0.2, 0.25) is 0 Å². The average molecular weight is 387 g/mol. The van der Waals surface area contributed by atoms with Crippen LogP contribution in [0.3, 0.4) is 0 Å². The van der Waals surface area contributed by atoms with Gasteiger partial charge in [0.25, 0.3) is 5.91 Å². The summed E-state index contributed by atoms with van der Waals surface area (Å²) in [5.74, 6) is 0.146. The van der Waals surface area contributed by atoms with Crippen molar-refractivity contribution >= 4 is 56.6 Å². The van der Waals surface area contributed by atoms with Gasteiger partial charge in [-0.2, -0.15) is 5.10 Å². The highest BCUT2D eigenvalue weighted by atomic mass is 32.2. The number of rotatable bonds is 3. The summed E-state index contributed by atoms with van der Waals surface area (Å²) in [4.78, 5) is 18.2. The molecule has 3 heterocycles. The van der Waals surface area contributed by atoms with Gasteiger partial charge >= 0.3 is 0 Å². The summed E-state index contributed by atoms with van der Waals surface area (Å²) in [6.07, 6.45) is 1.82. The summed E-state index contributed by atoms with van der Waals surface area (Å²) >= 11 is 7.92. The van der Waals surface area contributed by atoms with Crippen LogP contribution in [0, 0.1) is 0 Å². The molecule has 0 spiro atoms. The highest BCUT2D eigenvalue weighted by Gasteiger charge is 2.25. The third-order valence-corrected chi connectivity index (χ3v) is 6.08. The fraction of sp³-hybridized carbons (Fsp3) is 0.176. The number of fused-ring (bicyclic) bond motifs is 1. The SMILES string of the molecule is CC(C)c1nn2c(C=C3SC(=S)NC3=O)c(-c3ccccc3)nc2s1. The zero-order chi connectivity index (χ0) is 17.6. The van der Waals surface area contributed by atoms with Crippen LogP contribution in [0.15, 0.2) is 35.2 Å². The predicted octanol–water partition coefficient (Wildman–Crippen LogP) is 4.07. The van der Waals surface area contributed by atoms with Crippen LogP contribution < -0.4 is 5.32 Å². The molecule has 0 bridgehead atoms. The van der Waals surface area contributed by atoms with Crippen molar-refractivity contribution in [2.24, 2.45) is 0 Å². The molecule has 5 nitrogen and oxygen atoms in total. The number of hydrogen-bond acceptors (Lipinski definition) is 6. The quantitative estimate of drug-likeness (QED) is 0.543. The minimum absolute atomic E-state index is 0.178. The maximum atomic E-state index is 12.1. The molecule has 0 radical (unpaired) electrons. The van der Waals surface area contributed by atoms with Crippen molar-refractivity contribution in [3.8, 4) is 11.3 Å². The summed E-state index contributed by atoms with van der Waals surface area (Å²) in [7, 11) is 0. The van der Waals surface area contributed by atoms with Crippen molar-refractivity contribution in [1.29, 1.82) is 0 Å². The second-order valence-electron chi connectivity index (χ2n) is 5.85. The van der Waals surface area contributed by atoms with Gasteiger partial charge in [0.05, 0.1) is 16.3 Å². The topological polar surface area (TPSA) is 59.3 Å². The van der Waals surface area contributed by atoms with Gasteiger partial charge in [0.1, 0.15) is 9.33 Å². The lowest BCUT2D eigenvalue weighted by atomic mass is 10.1. The number of imidazole rings is 1. The van der Waals surface area contributed by atoms with Gasteiger partial charge in [0.2, 0.25) is 4.96 Å². The van der Waals surface area contributed by atoms with Crippen LogP contribution in [0.4, 0.5) is 0 Å². The third kappa shape index (κ3) is 3.01. The monoisotopic (exact) mass is 386 g/mol. The summed E-state index contributed by atoms with van der Waals surface area (Å²) in [6.45, 7) is 4.21. The number of benzene rings is 1. The Kier molecular flexibility index (Phi) is 4.18. The van der Waals surface area contributed by atoms with Gasteiger partial charge < -0.3 is 5.32 Å². The Morgan fingerprint density at radius 3 is 2.68 bits per heavy atom. The van der Waals surface area contributed by atoms with Gasteiger partial charge in [0.15, 0.2) is 0 Å². The molecular weight excluding hydrogens is 372 g/mol. The third-order valence-electron chi connectivity index (χ3n) is 3.70. The molecular formula is C17H14N4OS3. The summed E-state index contributed by atoms with van der Waals surface area (Å²) in [5, 5.41) is 8.36. The number of aromatic nitrogens is 3. The molecule has 25 heavy (non-hydrogen) atoms. The van der Waals surface area contributed by atoms with Crippen molar-refractivity contribution in [3.05, 3.63) is 45.9 Å². The van der Waals surface area contributed by atoms with Crippen molar-refractivity contribution in [2.45, 2.75) is 19.8 Å². The lowest BCUT2D eigenvalue weighted by Crippen LogP contribution is -2.17. The lowest BCUT2D eigenvalue weighted by Gasteiger charge is -2.01. The van der Waals surface area contributed by atoms with Gasteiger partial charge in [-0.3, -0.25) is 4.79 Å².